The van der Waals surface area contributed by atoms with Crippen LogP contribution in [0, 0.1) is 0 Å². The van der Waals surface area contributed by atoms with E-state index in [4.69, 9.17) is 0 Å². The van der Waals surface area contributed by atoms with Crippen molar-refractivity contribution in [1.29, 1.82) is 0 Å². The van der Waals surface area contributed by atoms with Crippen molar-refractivity contribution in [3.8, 4) is 0 Å². The lowest BCUT2D eigenvalue weighted by Gasteiger charge is -2.42. The molecule has 0 spiro atoms. The Bertz CT molecular complexity index is 292. The molecule has 90 valence electrons. The van der Waals surface area contributed by atoms with E-state index in [2.05, 4.69) is 15.5 Å². The number of hydrogen-bond acceptors (Lipinski definition) is 4. The number of hydrogen-bond donors (Lipinski definition) is 2. The fraction of sp³-hybridized carbons (Fsp3) is 0.909. The van der Waals surface area contributed by atoms with Crippen LogP contribution >= 0.6 is 0 Å². The molecule has 3 rings (SSSR count). The summed E-state index contributed by atoms with van der Waals surface area (Å²) in [6.07, 6.45) is 3.62. The van der Waals surface area contributed by atoms with Gasteiger partial charge in [0.25, 0.3) is 0 Å². The average Bonchev–Trinajstić information content (AvgIpc) is 3.12. The first kappa shape index (κ1) is 10.5. The molecule has 1 aliphatic carbocycles. The van der Waals surface area contributed by atoms with Gasteiger partial charge in [-0.25, -0.2) is 0 Å². The first-order valence-electron chi connectivity index (χ1n) is 6.23. The zero-order valence-electron chi connectivity index (χ0n) is 9.78. The van der Waals surface area contributed by atoms with E-state index >= 15 is 0 Å². The van der Waals surface area contributed by atoms with Crippen LogP contribution in [0.1, 0.15) is 19.3 Å². The Morgan fingerprint density at radius 1 is 1.38 bits per heavy atom. The van der Waals surface area contributed by atoms with E-state index in [-0.39, 0.29) is 11.9 Å². The summed E-state index contributed by atoms with van der Waals surface area (Å²) in [7, 11) is 1.94. The Morgan fingerprint density at radius 3 is 2.94 bits per heavy atom. The summed E-state index contributed by atoms with van der Waals surface area (Å²) in [5.74, 6) is 0.281. The number of rotatable bonds is 1. The lowest BCUT2D eigenvalue weighted by atomic mass is 10.1. The van der Waals surface area contributed by atoms with Gasteiger partial charge in [-0.15, -0.1) is 0 Å². The number of nitrogens with one attached hydrogen (secondary N) is 2. The minimum absolute atomic E-state index is 0.281. The van der Waals surface area contributed by atoms with Crippen molar-refractivity contribution < 1.29 is 4.79 Å². The summed E-state index contributed by atoms with van der Waals surface area (Å²) in [4.78, 5) is 16.3. The predicted molar refractivity (Wildman–Crippen MR) is 60.7 cm³/mol. The van der Waals surface area contributed by atoms with Crippen LogP contribution in [-0.2, 0) is 4.79 Å². The SMILES string of the molecule is CN1C(=O)CCN(C2CC2)C2NCNCC21. The monoisotopic (exact) mass is 224 g/mol. The highest BCUT2D eigenvalue weighted by Crippen LogP contribution is 2.31. The zero-order chi connectivity index (χ0) is 11.1. The molecule has 2 saturated heterocycles. The summed E-state index contributed by atoms with van der Waals surface area (Å²) < 4.78 is 0. The van der Waals surface area contributed by atoms with Gasteiger partial charge in [0.2, 0.25) is 5.91 Å². The minimum atomic E-state index is 0.281. The normalized spacial score (nSPS) is 37.1. The van der Waals surface area contributed by atoms with Crippen LogP contribution in [0.4, 0.5) is 0 Å². The predicted octanol–water partition coefficient (Wildman–Crippen LogP) is -0.842. The van der Waals surface area contributed by atoms with Crippen molar-refractivity contribution in [3.63, 3.8) is 0 Å². The molecule has 0 radical (unpaired) electrons. The topological polar surface area (TPSA) is 47.6 Å². The van der Waals surface area contributed by atoms with Gasteiger partial charge in [-0.2, -0.15) is 0 Å². The van der Waals surface area contributed by atoms with E-state index in [9.17, 15) is 4.79 Å². The molecular weight excluding hydrogens is 204 g/mol. The Hall–Kier alpha value is -0.650. The van der Waals surface area contributed by atoms with E-state index < -0.39 is 0 Å². The van der Waals surface area contributed by atoms with Crippen LogP contribution in [0.15, 0.2) is 0 Å². The molecule has 1 amide bonds. The average molecular weight is 224 g/mol. The van der Waals surface area contributed by atoms with Gasteiger partial charge in [0.05, 0.1) is 12.2 Å². The number of nitrogens with zero attached hydrogens (tertiary/aromatic N) is 2. The van der Waals surface area contributed by atoms with E-state index in [1.54, 1.807) is 0 Å². The fourth-order valence-electron chi connectivity index (χ4n) is 2.87. The maximum atomic E-state index is 11.9. The third-order valence-electron chi connectivity index (χ3n) is 4.00. The molecule has 2 aliphatic heterocycles. The Kier molecular flexibility index (Phi) is 2.61. The number of carbonyl (C=O) groups excluding carboxylic acids is 1. The van der Waals surface area contributed by atoms with Crippen molar-refractivity contribution in [2.24, 2.45) is 0 Å². The van der Waals surface area contributed by atoms with Gasteiger partial charge < -0.3 is 10.2 Å². The Balaban J connectivity index is 1.83. The van der Waals surface area contributed by atoms with E-state index in [0.717, 1.165) is 25.8 Å². The third-order valence-corrected chi connectivity index (χ3v) is 4.00. The summed E-state index contributed by atoms with van der Waals surface area (Å²) in [6.45, 7) is 2.68. The van der Waals surface area contributed by atoms with Gasteiger partial charge in [0.15, 0.2) is 0 Å². The van der Waals surface area contributed by atoms with Gasteiger partial charge in [-0.3, -0.25) is 15.0 Å². The second-order valence-electron chi connectivity index (χ2n) is 5.07. The molecule has 5 nitrogen and oxygen atoms in total. The van der Waals surface area contributed by atoms with Crippen molar-refractivity contribution in [1.82, 2.24) is 20.4 Å². The Morgan fingerprint density at radius 2 is 2.19 bits per heavy atom. The van der Waals surface area contributed by atoms with Gasteiger partial charge >= 0.3 is 0 Å². The summed E-state index contributed by atoms with van der Waals surface area (Å²) in [5.41, 5.74) is 0. The number of fused-ring (bicyclic) bond motifs is 1. The smallest absolute Gasteiger partial charge is 0.223 e. The molecule has 3 fully saturated rings. The van der Waals surface area contributed by atoms with Crippen LogP contribution < -0.4 is 10.6 Å². The van der Waals surface area contributed by atoms with E-state index in [1.807, 2.05) is 11.9 Å². The molecule has 2 atom stereocenters. The fourth-order valence-corrected chi connectivity index (χ4v) is 2.87. The third kappa shape index (κ3) is 1.73. The summed E-state index contributed by atoms with van der Waals surface area (Å²) in [5, 5.41) is 6.82. The maximum Gasteiger partial charge on any atom is 0.223 e. The number of carbonyl (C=O) groups is 1. The van der Waals surface area contributed by atoms with Gasteiger partial charge in [-0.1, -0.05) is 0 Å². The molecular formula is C11H20N4O. The first-order valence-corrected chi connectivity index (χ1v) is 6.23. The minimum Gasteiger partial charge on any atom is -0.339 e. The number of likely N-dealkylation sites (N-methyl/N-ethyl adjacent to an activating group) is 1. The highest BCUT2D eigenvalue weighted by molar-refractivity contribution is 5.77. The summed E-state index contributed by atoms with van der Waals surface area (Å²) >= 11 is 0. The van der Waals surface area contributed by atoms with Crippen LogP contribution in [0.5, 0.6) is 0 Å². The molecule has 5 heteroatoms. The van der Waals surface area contributed by atoms with Crippen molar-refractivity contribution in [2.75, 3.05) is 26.8 Å². The van der Waals surface area contributed by atoms with Gasteiger partial charge in [-0.05, 0) is 12.8 Å². The zero-order valence-corrected chi connectivity index (χ0v) is 9.78. The lowest BCUT2D eigenvalue weighted by molar-refractivity contribution is -0.131. The molecule has 1 saturated carbocycles. The molecule has 2 N–H and O–H groups in total. The van der Waals surface area contributed by atoms with Crippen molar-refractivity contribution >= 4 is 5.91 Å². The van der Waals surface area contributed by atoms with Crippen LogP contribution in [0.3, 0.4) is 0 Å². The van der Waals surface area contributed by atoms with Crippen LogP contribution in [-0.4, -0.2) is 60.8 Å². The maximum absolute atomic E-state index is 11.9. The molecule has 16 heavy (non-hydrogen) atoms. The van der Waals surface area contributed by atoms with E-state index in [1.165, 1.54) is 12.8 Å². The summed E-state index contributed by atoms with van der Waals surface area (Å²) in [6, 6.07) is 1.00. The van der Waals surface area contributed by atoms with E-state index in [0.29, 0.717) is 12.6 Å². The molecule has 2 heterocycles. The lowest BCUT2D eigenvalue weighted by Crippen LogP contribution is -2.65. The highest BCUT2D eigenvalue weighted by atomic mass is 16.2. The molecule has 3 aliphatic rings. The first-order chi connectivity index (χ1) is 7.77. The molecule has 0 aromatic carbocycles. The quantitative estimate of drug-likeness (QED) is 0.609. The van der Waals surface area contributed by atoms with Gasteiger partial charge in [0, 0.05) is 39.3 Å². The van der Waals surface area contributed by atoms with Crippen LogP contribution in [0.2, 0.25) is 0 Å². The van der Waals surface area contributed by atoms with Crippen molar-refractivity contribution in [2.45, 2.75) is 37.5 Å². The number of amides is 1. The second-order valence-corrected chi connectivity index (χ2v) is 5.07. The Labute approximate surface area is 96.2 Å². The van der Waals surface area contributed by atoms with Crippen molar-refractivity contribution in [3.05, 3.63) is 0 Å². The highest BCUT2D eigenvalue weighted by Gasteiger charge is 2.42. The second kappa shape index (κ2) is 3.98. The molecule has 2 unspecified atom stereocenters. The van der Waals surface area contributed by atoms with Crippen LogP contribution in [0.25, 0.3) is 0 Å². The standard InChI is InChI=1S/C11H20N4O/c1-14-9-6-12-7-13-11(9)15(8-2-3-8)5-4-10(14)16/h8-9,11-13H,2-7H2,1H3. The largest absolute Gasteiger partial charge is 0.339 e. The molecule has 0 bridgehead atoms. The van der Waals surface area contributed by atoms with Gasteiger partial charge in [0.1, 0.15) is 0 Å². The molecule has 0 aromatic rings. The molecule has 0 aromatic heterocycles.